The van der Waals surface area contributed by atoms with E-state index in [-0.39, 0.29) is 36.0 Å². The zero-order valence-electron chi connectivity index (χ0n) is 20.0. The highest BCUT2D eigenvalue weighted by Gasteiger charge is 2.49. The third kappa shape index (κ3) is 4.35. The monoisotopic (exact) mass is 439 g/mol. The third-order valence-electron chi connectivity index (χ3n) is 7.60. The van der Waals surface area contributed by atoms with E-state index in [2.05, 4.69) is 48.7 Å². The lowest BCUT2D eigenvalue weighted by Crippen LogP contribution is -2.59. The van der Waals surface area contributed by atoms with Crippen LogP contribution in [0.2, 0.25) is 0 Å². The van der Waals surface area contributed by atoms with Crippen LogP contribution in [-0.4, -0.2) is 50.4 Å². The first-order chi connectivity index (χ1) is 15.5. The molecule has 1 amide bonds. The van der Waals surface area contributed by atoms with Gasteiger partial charge in [0.1, 0.15) is 5.82 Å². The van der Waals surface area contributed by atoms with Crippen LogP contribution in [0.4, 0.5) is 5.82 Å². The van der Waals surface area contributed by atoms with Crippen molar-refractivity contribution in [2.75, 3.05) is 26.6 Å². The molecule has 0 radical (unpaired) electrons. The summed E-state index contributed by atoms with van der Waals surface area (Å²) in [6.07, 6.45) is 4.62. The van der Waals surface area contributed by atoms with Gasteiger partial charge >= 0.3 is 0 Å². The van der Waals surface area contributed by atoms with Gasteiger partial charge in [0.25, 0.3) is 0 Å². The summed E-state index contributed by atoms with van der Waals surface area (Å²) in [6.45, 7) is 4.28. The molecule has 6 heteroatoms. The molecule has 1 aromatic carbocycles. The second-order valence-electron chi connectivity index (χ2n) is 9.50. The van der Waals surface area contributed by atoms with Crippen LogP contribution < -0.4 is 10.6 Å². The maximum absolute atomic E-state index is 13.4. The van der Waals surface area contributed by atoms with Crippen molar-refractivity contribution < 1.29 is 14.3 Å². The van der Waals surface area contributed by atoms with Crippen LogP contribution in [0.1, 0.15) is 43.7 Å². The molecule has 0 bridgehead atoms. The molecule has 2 aromatic rings. The maximum atomic E-state index is 13.4. The number of carbonyl (C=O) groups is 1. The molecule has 2 N–H and O–H groups in total. The number of hydrogen-bond acceptors (Lipinski definition) is 5. The predicted molar refractivity (Wildman–Crippen MR) is 128 cm³/mol. The summed E-state index contributed by atoms with van der Waals surface area (Å²) in [7, 11) is 5.43. The van der Waals surface area contributed by atoms with Crippen molar-refractivity contribution in [1.82, 2.24) is 10.3 Å². The molecule has 1 saturated heterocycles. The molecular formula is C26H37N3O3. The zero-order chi connectivity index (χ0) is 22.8. The van der Waals surface area contributed by atoms with Gasteiger partial charge in [0.05, 0.1) is 17.7 Å². The molecule has 1 aliphatic carbocycles. The minimum atomic E-state index is -0.0975. The number of hydrogen-bond donors (Lipinski definition) is 2. The molecule has 6 nitrogen and oxygen atoms in total. The zero-order valence-corrected chi connectivity index (χ0v) is 20.0. The van der Waals surface area contributed by atoms with E-state index in [9.17, 15) is 4.79 Å². The molecular weight excluding hydrogens is 402 g/mol. The van der Waals surface area contributed by atoms with Gasteiger partial charge in [-0.25, -0.2) is 4.98 Å². The maximum Gasteiger partial charge on any atom is 0.223 e. The van der Waals surface area contributed by atoms with Crippen LogP contribution in [0, 0.1) is 24.7 Å². The fraction of sp³-hybridized carbons (Fsp3) is 0.615. The first kappa shape index (κ1) is 23.0. The molecule has 0 spiro atoms. The average Bonchev–Trinajstić information content (AvgIpc) is 2.80. The van der Waals surface area contributed by atoms with E-state index in [4.69, 9.17) is 14.5 Å². The Labute approximate surface area is 191 Å². The number of piperidine rings is 1. The number of amides is 1. The predicted octanol–water partition coefficient (Wildman–Crippen LogP) is 4.10. The van der Waals surface area contributed by atoms with Crippen molar-refractivity contribution in [3.63, 3.8) is 0 Å². The lowest BCUT2D eigenvalue weighted by atomic mass is 9.63. The molecule has 4 rings (SSSR count). The summed E-state index contributed by atoms with van der Waals surface area (Å²) in [5, 5.41) is 7.75. The van der Waals surface area contributed by atoms with E-state index in [1.165, 1.54) is 5.56 Å². The SMILES string of the molecule is CCCC1NC(=O)C(Cc2cc3cc(C)ccc3nc2NC)C2CC(OC)C(OC)CC12. The van der Waals surface area contributed by atoms with Crippen LogP contribution >= 0.6 is 0 Å². The van der Waals surface area contributed by atoms with Gasteiger partial charge in [-0.05, 0) is 68.2 Å². The highest BCUT2D eigenvalue weighted by Crippen LogP contribution is 2.44. The van der Waals surface area contributed by atoms with Crippen LogP contribution in [0.15, 0.2) is 24.3 Å². The van der Waals surface area contributed by atoms with Crippen molar-refractivity contribution in [3.05, 3.63) is 35.4 Å². The number of fused-ring (bicyclic) bond motifs is 2. The van der Waals surface area contributed by atoms with E-state index in [0.29, 0.717) is 12.3 Å². The second kappa shape index (κ2) is 9.75. The van der Waals surface area contributed by atoms with Gasteiger partial charge in [-0.1, -0.05) is 25.0 Å². The number of aryl methyl sites for hydroxylation is 1. The molecule has 6 unspecified atom stereocenters. The molecule has 174 valence electrons. The largest absolute Gasteiger partial charge is 0.379 e. The Bertz CT molecular complexity index is 963. The molecule has 32 heavy (non-hydrogen) atoms. The van der Waals surface area contributed by atoms with Gasteiger partial charge in [0.15, 0.2) is 0 Å². The van der Waals surface area contributed by atoms with Crippen molar-refractivity contribution in [3.8, 4) is 0 Å². The fourth-order valence-electron chi connectivity index (χ4n) is 5.99. The number of anilines is 1. The molecule has 6 atom stereocenters. The Morgan fingerprint density at radius 3 is 2.50 bits per heavy atom. The van der Waals surface area contributed by atoms with E-state index >= 15 is 0 Å². The standard InChI is InChI=1S/C26H37N3O3/c1-6-7-22-19-14-24(32-5)23(31-4)13-18(19)20(26(30)29-22)12-17-11-16-10-15(2)8-9-21(16)28-25(17)27-3/h8-11,18-20,22-24H,6-7,12-14H2,1-5H3,(H,27,28)(H,29,30). The van der Waals surface area contributed by atoms with Crippen molar-refractivity contribution in [2.24, 2.45) is 17.8 Å². The van der Waals surface area contributed by atoms with Crippen LogP contribution in [-0.2, 0) is 20.7 Å². The number of rotatable bonds is 7. The van der Waals surface area contributed by atoms with Crippen molar-refractivity contribution >= 4 is 22.6 Å². The number of pyridine rings is 1. The molecule has 2 heterocycles. The summed E-state index contributed by atoms with van der Waals surface area (Å²) in [5.74, 6) is 1.61. The number of carbonyl (C=O) groups excluding carboxylic acids is 1. The lowest BCUT2D eigenvalue weighted by molar-refractivity contribution is -0.144. The summed E-state index contributed by atoms with van der Waals surface area (Å²) < 4.78 is 11.6. The summed E-state index contributed by atoms with van der Waals surface area (Å²) in [4.78, 5) is 18.2. The third-order valence-corrected chi connectivity index (χ3v) is 7.60. The Hall–Kier alpha value is -2.18. The number of ether oxygens (including phenoxy) is 2. The summed E-state index contributed by atoms with van der Waals surface area (Å²) in [6, 6.07) is 8.72. The average molecular weight is 440 g/mol. The Kier molecular flexibility index (Phi) is 7.01. The highest BCUT2D eigenvalue weighted by atomic mass is 16.5. The van der Waals surface area contributed by atoms with Crippen molar-refractivity contribution in [1.29, 1.82) is 0 Å². The number of benzene rings is 1. The lowest BCUT2D eigenvalue weighted by Gasteiger charge is -2.49. The molecule has 2 fully saturated rings. The van der Waals surface area contributed by atoms with Crippen molar-refractivity contribution in [2.45, 2.75) is 64.2 Å². The first-order valence-corrected chi connectivity index (χ1v) is 11.9. The number of nitrogens with one attached hydrogen (secondary N) is 2. The Morgan fingerprint density at radius 1 is 1.12 bits per heavy atom. The minimum absolute atomic E-state index is 0.0260. The summed E-state index contributed by atoms with van der Waals surface area (Å²) >= 11 is 0. The van der Waals surface area contributed by atoms with E-state index < -0.39 is 0 Å². The second-order valence-corrected chi connectivity index (χ2v) is 9.50. The smallest absolute Gasteiger partial charge is 0.223 e. The van der Waals surface area contributed by atoms with Gasteiger partial charge in [0.2, 0.25) is 5.91 Å². The van der Waals surface area contributed by atoms with Crippen LogP contribution in [0.5, 0.6) is 0 Å². The van der Waals surface area contributed by atoms with Gasteiger partial charge in [-0.15, -0.1) is 0 Å². The molecule has 2 aliphatic rings. The van der Waals surface area contributed by atoms with Gasteiger partial charge in [-0.3, -0.25) is 4.79 Å². The Balaban J connectivity index is 1.68. The Morgan fingerprint density at radius 2 is 1.84 bits per heavy atom. The van der Waals surface area contributed by atoms with Crippen LogP contribution in [0.25, 0.3) is 10.9 Å². The topological polar surface area (TPSA) is 72.5 Å². The van der Waals surface area contributed by atoms with Crippen LogP contribution in [0.3, 0.4) is 0 Å². The minimum Gasteiger partial charge on any atom is -0.379 e. The molecule has 1 aromatic heterocycles. The fourth-order valence-corrected chi connectivity index (χ4v) is 5.99. The van der Waals surface area contributed by atoms with Gasteiger partial charge in [-0.2, -0.15) is 0 Å². The normalized spacial score (nSPS) is 30.1. The van der Waals surface area contributed by atoms with E-state index in [1.54, 1.807) is 14.2 Å². The first-order valence-electron chi connectivity index (χ1n) is 11.9. The number of methoxy groups -OCH3 is 2. The number of aromatic nitrogens is 1. The summed E-state index contributed by atoms with van der Waals surface area (Å²) in [5.41, 5.74) is 3.28. The van der Waals surface area contributed by atoms with Gasteiger partial charge in [0, 0.05) is 38.6 Å². The quantitative estimate of drug-likeness (QED) is 0.680. The molecule has 1 saturated carbocycles. The van der Waals surface area contributed by atoms with Gasteiger partial charge < -0.3 is 20.1 Å². The highest BCUT2D eigenvalue weighted by molar-refractivity contribution is 5.84. The van der Waals surface area contributed by atoms with E-state index in [0.717, 1.165) is 48.0 Å². The number of nitrogens with zero attached hydrogens (tertiary/aromatic N) is 1. The molecule has 1 aliphatic heterocycles. The van der Waals surface area contributed by atoms with E-state index in [1.807, 2.05) is 7.05 Å².